The Labute approximate surface area is 146 Å². The van der Waals surface area contributed by atoms with E-state index in [1.54, 1.807) is 18.9 Å². The summed E-state index contributed by atoms with van der Waals surface area (Å²) in [6.07, 6.45) is 0.919. The van der Waals surface area contributed by atoms with Gasteiger partial charge in [0.15, 0.2) is 0 Å². The van der Waals surface area contributed by atoms with Crippen LogP contribution in [0.3, 0.4) is 0 Å². The highest BCUT2D eigenvalue weighted by Gasteiger charge is 2.14. The monoisotopic (exact) mass is 339 g/mol. The molecular formula is C19H21N3O3. The molecule has 2 aromatic heterocycles. The van der Waals surface area contributed by atoms with Crippen LogP contribution >= 0.6 is 0 Å². The molecule has 0 saturated carbocycles. The van der Waals surface area contributed by atoms with Gasteiger partial charge >= 0.3 is 0 Å². The van der Waals surface area contributed by atoms with Crippen molar-refractivity contribution in [2.24, 2.45) is 0 Å². The van der Waals surface area contributed by atoms with E-state index in [0.717, 1.165) is 17.1 Å². The fourth-order valence-electron chi connectivity index (χ4n) is 2.50. The minimum absolute atomic E-state index is 0.00383. The number of rotatable bonds is 6. The Morgan fingerprint density at radius 2 is 1.80 bits per heavy atom. The molecule has 25 heavy (non-hydrogen) atoms. The lowest BCUT2D eigenvalue weighted by molar-refractivity contribution is -0.130. The van der Waals surface area contributed by atoms with Crippen LogP contribution in [0.1, 0.15) is 29.5 Å². The molecule has 0 unspecified atom stereocenters. The summed E-state index contributed by atoms with van der Waals surface area (Å²) < 4.78 is 11.1. The number of hydrogen-bond donors (Lipinski definition) is 0. The molecule has 1 aromatic carbocycles. The van der Waals surface area contributed by atoms with Gasteiger partial charge in [-0.2, -0.15) is 0 Å². The molecule has 0 saturated heterocycles. The summed E-state index contributed by atoms with van der Waals surface area (Å²) >= 11 is 0. The van der Waals surface area contributed by atoms with Crippen molar-refractivity contribution in [2.45, 2.75) is 33.2 Å². The van der Waals surface area contributed by atoms with Crippen LogP contribution in [0.2, 0.25) is 0 Å². The van der Waals surface area contributed by atoms with Crippen molar-refractivity contribution in [1.29, 1.82) is 0 Å². The van der Waals surface area contributed by atoms with Crippen molar-refractivity contribution in [3.63, 3.8) is 0 Å². The maximum Gasteiger partial charge on any atom is 0.235 e. The van der Waals surface area contributed by atoms with Gasteiger partial charge in [0.05, 0.1) is 6.54 Å². The van der Waals surface area contributed by atoms with Crippen molar-refractivity contribution in [3.05, 3.63) is 59.5 Å². The summed E-state index contributed by atoms with van der Waals surface area (Å²) in [5, 5.41) is 7.66. The average Bonchev–Trinajstić information content (AvgIpc) is 3.22. The molecule has 0 aliphatic heterocycles. The fourth-order valence-corrected chi connectivity index (χ4v) is 2.50. The van der Waals surface area contributed by atoms with Gasteiger partial charge in [0.2, 0.25) is 17.7 Å². The van der Waals surface area contributed by atoms with Crippen molar-refractivity contribution in [3.8, 4) is 11.3 Å². The number of carbonyl (C=O) groups is 1. The highest BCUT2D eigenvalue weighted by atomic mass is 16.4. The molecule has 1 amide bonds. The standard InChI is InChI=1S/C19H21N3O3/c1-13-4-6-15(7-5-13)17-10-8-16(25-17)9-11-19(23)22(3)12-18-21-20-14(2)24-18/h4-8,10H,9,11-12H2,1-3H3. The molecular weight excluding hydrogens is 318 g/mol. The minimum atomic E-state index is 0.00383. The molecule has 0 atom stereocenters. The Balaban J connectivity index is 1.54. The zero-order valence-corrected chi connectivity index (χ0v) is 14.7. The number of aryl methyl sites for hydroxylation is 3. The predicted molar refractivity (Wildman–Crippen MR) is 92.7 cm³/mol. The van der Waals surface area contributed by atoms with E-state index in [-0.39, 0.29) is 5.91 Å². The fraction of sp³-hybridized carbons (Fsp3) is 0.316. The van der Waals surface area contributed by atoms with E-state index in [1.807, 2.05) is 24.3 Å². The van der Waals surface area contributed by atoms with E-state index in [1.165, 1.54) is 5.56 Å². The van der Waals surface area contributed by atoms with Gasteiger partial charge in [0.25, 0.3) is 0 Å². The zero-order valence-electron chi connectivity index (χ0n) is 14.7. The number of aromatic nitrogens is 2. The van der Waals surface area contributed by atoms with E-state index in [0.29, 0.717) is 31.2 Å². The van der Waals surface area contributed by atoms with Crippen LogP contribution in [0.4, 0.5) is 0 Å². The molecule has 0 aliphatic rings. The number of benzene rings is 1. The van der Waals surface area contributed by atoms with Crippen LogP contribution in [0.5, 0.6) is 0 Å². The normalized spacial score (nSPS) is 10.8. The molecule has 130 valence electrons. The molecule has 0 fully saturated rings. The highest BCUT2D eigenvalue weighted by Crippen LogP contribution is 2.23. The van der Waals surface area contributed by atoms with E-state index < -0.39 is 0 Å². The summed E-state index contributed by atoms with van der Waals surface area (Å²) in [6, 6.07) is 12.0. The van der Waals surface area contributed by atoms with Crippen LogP contribution in [0.25, 0.3) is 11.3 Å². The first kappa shape index (κ1) is 17.0. The summed E-state index contributed by atoms with van der Waals surface area (Å²) in [4.78, 5) is 13.8. The summed E-state index contributed by atoms with van der Waals surface area (Å²) in [6.45, 7) is 4.09. The van der Waals surface area contributed by atoms with Gasteiger partial charge in [-0.3, -0.25) is 4.79 Å². The summed E-state index contributed by atoms with van der Waals surface area (Å²) in [7, 11) is 1.72. The average molecular weight is 339 g/mol. The van der Waals surface area contributed by atoms with Crippen LogP contribution in [-0.2, 0) is 17.8 Å². The molecule has 0 radical (unpaired) electrons. The van der Waals surface area contributed by atoms with Gasteiger partial charge in [-0.1, -0.05) is 29.8 Å². The van der Waals surface area contributed by atoms with Crippen molar-refractivity contribution < 1.29 is 13.6 Å². The molecule has 3 aromatic rings. The molecule has 6 heteroatoms. The van der Waals surface area contributed by atoms with E-state index in [2.05, 4.69) is 29.3 Å². The maximum absolute atomic E-state index is 12.2. The lowest BCUT2D eigenvalue weighted by atomic mass is 10.1. The molecule has 2 heterocycles. The number of nitrogens with zero attached hydrogens (tertiary/aromatic N) is 3. The van der Waals surface area contributed by atoms with Crippen LogP contribution in [-0.4, -0.2) is 28.1 Å². The van der Waals surface area contributed by atoms with Gasteiger partial charge in [-0.25, -0.2) is 0 Å². The third kappa shape index (κ3) is 4.35. The van der Waals surface area contributed by atoms with Crippen molar-refractivity contribution in [1.82, 2.24) is 15.1 Å². The number of hydrogen-bond acceptors (Lipinski definition) is 5. The Kier molecular flexibility index (Phi) is 4.97. The second kappa shape index (κ2) is 7.34. The van der Waals surface area contributed by atoms with Gasteiger partial charge in [-0.05, 0) is 19.1 Å². The number of amides is 1. The maximum atomic E-state index is 12.2. The van der Waals surface area contributed by atoms with E-state index in [4.69, 9.17) is 8.83 Å². The topological polar surface area (TPSA) is 72.4 Å². The molecule has 0 bridgehead atoms. The van der Waals surface area contributed by atoms with E-state index in [9.17, 15) is 4.79 Å². The predicted octanol–water partition coefficient (Wildman–Crippen LogP) is 3.54. The van der Waals surface area contributed by atoms with Gasteiger partial charge < -0.3 is 13.7 Å². The van der Waals surface area contributed by atoms with Crippen LogP contribution in [0.15, 0.2) is 45.2 Å². The first-order valence-corrected chi connectivity index (χ1v) is 8.20. The highest BCUT2D eigenvalue weighted by molar-refractivity contribution is 5.76. The Bertz CT molecular complexity index is 849. The van der Waals surface area contributed by atoms with Crippen LogP contribution in [0, 0.1) is 13.8 Å². The molecule has 0 aliphatic carbocycles. The van der Waals surface area contributed by atoms with Gasteiger partial charge in [0.1, 0.15) is 11.5 Å². The first-order chi connectivity index (χ1) is 12.0. The third-order valence-electron chi connectivity index (χ3n) is 3.95. The summed E-state index contributed by atoms with van der Waals surface area (Å²) in [5.74, 6) is 2.55. The number of furan rings is 1. The second-order valence-corrected chi connectivity index (χ2v) is 6.10. The van der Waals surface area contributed by atoms with Gasteiger partial charge in [0, 0.05) is 32.4 Å². The zero-order chi connectivity index (χ0) is 17.8. The third-order valence-corrected chi connectivity index (χ3v) is 3.95. The lowest BCUT2D eigenvalue weighted by Crippen LogP contribution is -2.26. The first-order valence-electron chi connectivity index (χ1n) is 8.20. The second-order valence-electron chi connectivity index (χ2n) is 6.10. The van der Waals surface area contributed by atoms with Gasteiger partial charge in [-0.15, -0.1) is 10.2 Å². The molecule has 3 rings (SSSR count). The number of carbonyl (C=O) groups excluding carboxylic acids is 1. The van der Waals surface area contributed by atoms with Crippen molar-refractivity contribution >= 4 is 5.91 Å². The summed E-state index contributed by atoms with van der Waals surface area (Å²) in [5.41, 5.74) is 2.24. The Hall–Kier alpha value is -2.89. The molecule has 6 nitrogen and oxygen atoms in total. The molecule has 0 N–H and O–H groups in total. The lowest BCUT2D eigenvalue weighted by Gasteiger charge is -2.14. The van der Waals surface area contributed by atoms with Crippen molar-refractivity contribution in [2.75, 3.05) is 7.05 Å². The largest absolute Gasteiger partial charge is 0.461 e. The van der Waals surface area contributed by atoms with E-state index >= 15 is 0 Å². The smallest absolute Gasteiger partial charge is 0.235 e. The Morgan fingerprint density at radius 3 is 2.48 bits per heavy atom. The Morgan fingerprint density at radius 1 is 1.04 bits per heavy atom. The minimum Gasteiger partial charge on any atom is -0.461 e. The van der Waals surface area contributed by atoms with Crippen LogP contribution < -0.4 is 0 Å². The quantitative estimate of drug-likeness (QED) is 0.687. The molecule has 0 spiro atoms. The SMILES string of the molecule is Cc1ccc(-c2ccc(CCC(=O)N(C)Cc3nnc(C)o3)o2)cc1.